The number of anilines is 1. The van der Waals surface area contributed by atoms with E-state index in [1.54, 1.807) is 18.3 Å². The molecule has 0 radical (unpaired) electrons. The number of nitrogens with zero attached hydrogens (tertiary/aromatic N) is 1. The molecule has 4 nitrogen and oxygen atoms in total. The summed E-state index contributed by atoms with van der Waals surface area (Å²) >= 11 is 0. The smallest absolute Gasteiger partial charge is 0.311 e. The number of nitrogens with two attached hydrogens (primary N) is 1. The minimum atomic E-state index is -0.210. The maximum atomic E-state index is 11.4. The molecule has 86 valence electrons. The first-order chi connectivity index (χ1) is 7.74. The standard InChI is InChI=1S/C12H16N2O2/c13-10-3-4-11(14-8-10)7-12(15)16-6-5-9-1-2-9/h3-4,8-9H,1-2,5-7,13H2. The molecule has 1 fully saturated rings. The monoisotopic (exact) mass is 220 g/mol. The fraction of sp³-hybridized carbons (Fsp3) is 0.500. The number of ether oxygens (including phenoxy) is 1. The molecule has 0 saturated heterocycles. The molecule has 0 spiro atoms. The third-order valence-corrected chi connectivity index (χ3v) is 2.66. The predicted molar refractivity (Wildman–Crippen MR) is 60.7 cm³/mol. The van der Waals surface area contributed by atoms with E-state index in [1.807, 2.05) is 0 Å². The van der Waals surface area contributed by atoms with Crippen LogP contribution < -0.4 is 5.73 Å². The van der Waals surface area contributed by atoms with Gasteiger partial charge in [-0.25, -0.2) is 0 Å². The second kappa shape index (κ2) is 4.96. The molecule has 1 aliphatic carbocycles. The Hall–Kier alpha value is -1.58. The molecular formula is C12H16N2O2. The molecule has 0 unspecified atom stereocenters. The van der Waals surface area contributed by atoms with Crippen LogP contribution in [-0.2, 0) is 16.0 Å². The largest absolute Gasteiger partial charge is 0.465 e. The Bertz CT molecular complexity index is 358. The maximum Gasteiger partial charge on any atom is 0.311 e. The SMILES string of the molecule is Nc1ccc(CC(=O)OCCC2CC2)nc1. The van der Waals surface area contributed by atoms with Crippen LogP contribution in [0.4, 0.5) is 5.69 Å². The van der Waals surface area contributed by atoms with Crippen LogP contribution in [0.25, 0.3) is 0 Å². The second-order valence-corrected chi connectivity index (χ2v) is 4.21. The normalized spacial score (nSPS) is 14.8. The average Bonchev–Trinajstić information content (AvgIpc) is 3.05. The van der Waals surface area contributed by atoms with Gasteiger partial charge in [-0.05, 0) is 24.5 Å². The van der Waals surface area contributed by atoms with Gasteiger partial charge in [0.15, 0.2) is 0 Å². The summed E-state index contributed by atoms with van der Waals surface area (Å²) in [6.07, 6.45) is 5.35. The third-order valence-electron chi connectivity index (χ3n) is 2.66. The van der Waals surface area contributed by atoms with Crippen LogP contribution in [0.3, 0.4) is 0 Å². The van der Waals surface area contributed by atoms with Crippen molar-refractivity contribution in [3.63, 3.8) is 0 Å². The van der Waals surface area contributed by atoms with Gasteiger partial charge < -0.3 is 10.5 Å². The number of carbonyl (C=O) groups is 1. The van der Waals surface area contributed by atoms with Crippen LogP contribution in [-0.4, -0.2) is 17.6 Å². The van der Waals surface area contributed by atoms with Gasteiger partial charge in [-0.3, -0.25) is 9.78 Å². The quantitative estimate of drug-likeness (QED) is 0.764. The Kier molecular flexibility index (Phi) is 3.39. The highest BCUT2D eigenvalue weighted by Crippen LogP contribution is 2.32. The number of hydrogen-bond acceptors (Lipinski definition) is 4. The van der Waals surface area contributed by atoms with E-state index < -0.39 is 0 Å². The molecule has 1 heterocycles. The highest BCUT2D eigenvalue weighted by atomic mass is 16.5. The summed E-state index contributed by atoms with van der Waals surface area (Å²) in [6.45, 7) is 0.540. The zero-order valence-electron chi connectivity index (χ0n) is 9.19. The number of aromatic nitrogens is 1. The predicted octanol–water partition coefficient (Wildman–Crippen LogP) is 1.55. The average molecular weight is 220 g/mol. The molecule has 2 rings (SSSR count). The van der Waals surface area contributed by atoms with Crippen molar-refractivity contribution in [3.8, 4) is 0 Å². The summed E-state index contributed by atoms with van der Waals surface area (Å²) in [6, 6.07) is 3.48. The van der Waals surface area contributed by atoms with Gasteiger partial charge >= 0.3 is 5.97 Å². The second-order valence-electron chi connectivity index (χ2n) is 4.21. The van der Waals surface area contributed by atoms with Crippen molar-refractivity contribution in [2.75, 3.05) is 12.3 Å². The summed E-state index contributed by atoms with van der Waals surface area (Å²) in [7, 11) is 0. The fourth-order valence-electron chi connectivity index (χ4n) is 1.49. The fourth-order valence-corrected chi connectivity index (χ4v) is 1.49. The number of pyridine rings is 1. The van der Waals surface area contributed by atoms with E-state index >= 15 is 0 Å². The van der Waals surface area contributed by atoms with E-state index in [1.165, 1.54) is 12.8 Å². The molecule has 0 atom stereocenters. The van der Waals surface area contributed by atoms with Crippen molar-refractivity contribution in [3.05, 3.63) is 24.0 Å². The number of esters is 1. The topological polar surface area (TPSA) is 65.2 Å². The van der Waals surface area contributed by atoms with Gasteiger partial charge in [0.05, 0.1) is 30.6 Å². The maximum absolute atomic E-state index is 11.4. The molecule has 0 aromatic carbocycles. The van der Waals surface area contributed by atoms with Gasteiger partial charge in [0.1, 0.15) is 0 Å². The zero-order valence-corrected chi connectivity index (χ0v) is 9.19. The Morgan fingerprint density at radius 2 is 2.31 bits per heavy atom. The molecule has 0 bridgehead atoms. The van der Waals surface area contributed by atoms with Gasteiger partial charge in [-0.15, -0.1) is 0 Å². The molecule has 1 saturated carbocycles. The van der Waals surface area contributed by atoms with Crippen molar-refractivity contribution in [1.82, 2.24) is 4.98 Å². The molecule has 2 N–H and O–H groups in total. The van der Waals surface area contributed by atoms with Crippen molar-refractivity contribution in [2.45, 2.75) is 25.7 Å². The first-order valence-corrected chi connectivity index (χ1v) is 5.60. The van der Waals surface area contributed by atoms with Gasteiger partial charge in [0, 0.05) is 0 Å². The summed E-state index contributed by atoms with van der Waals surface area (Å²) in [5.74, 6) is 0.584. The van der Waals surface area contributed by atoms with Crippen LogP contribution in [0.15, 0.2) is 18.3 Å². The summed E-state index contributed by atoms with van der Waals surface area (Å²) in [4.78, 5) is 15.5. The van der Waals surface area contributed by atoms with Crippen molar-refractivity contribution < 1.29 is 9.53 Å². The van der Waals surface area contributed by atoms with Crippen molar-refractivity contribution in [2.24, 2.45) is 5.92 Å². The van der Waals surface area contributed by atoms with E-state index in [0.717, 1.165) is 12.3 Å². The Labute approximate surface area is 94.8 Å². The Morgan fingerprint density at radius 3 is 2.94 bits per heavy atom. The summed E-state index contributed by atoms with van der Waals surface area (Å²) < 4.78 is 5.12. The van der Waals surface area contributed by atoms with E-state index in [2.05, 4.69) is 4.98 Å². The van der Waals surface area contributed by atoms with Gasteiger partial charge in [0.2, 0.25) is 0 Å². The van der Waals surface area contributed by atoms with E-state index in [9.17, 15) is 4.79 Å². The Morgan fingerprint density at radius 1 is 1.50 bits per heavy atom. The molecule has 4 heteroatoms. The lowest BCUT2D eigenvalue weighted by atomic mass is 10.2. The molecular weight excluding hydrogens is 204 g/mol. The highest BCUT2D eigenvalue weighted by Gasteiger charge is 2.21. The van der Waals surface area contributed by atoms with Gasteiger partial charge in [-0.1, -0.05) is 12.8 Å². The van der Waals surface area contributed by atoms with E-state index in [0.29, 0.717) is 18.0 Å². The van der Waals surface area contributed by atoms with Gasteiger partial charge in [0.25, 0.3) is 0 Å². The number of nitrogen functional groups attached to an aromatic ring is 1. The zero-order chi connectivity index (χ0) is 11.4. The number of carbonyl (C=O) groups excluding carboxylic acids is 1. The molecule has 0 amide bonds. The molecule has 1 aromatic heterocycles. The Balaban J connectivity index is 1.70. The van der Waals surface area contributed by atoms with Crippen molar-refractivity contribution >= 4 is 11.7 Å². The lowest BCUT2D eigenvalue weighted by molar-refractivity contribution is -0.143. The molecule has 1 aromatic rings. The van der Waals surface area contributed by atoms with Crippen LogP contribution in [0, 0.1) is 5.92 Å². The van der Waals surface area contributed by atoms with E-state index in [4.69, 9.17) is 10.5 Å². The first kappa shape index (κ1) is 10.9. The summed E-state index contributed by atoms with van der Waals surface area (Å²) in [5.41, 5.74) is 6.80. The lowest BCUT2D eigenvalue weighted by Gasteiger charge is -2.03. The highest BCUT2D eigenvalue weighted by molar-refractivity contribution is 5.72. The minimum absolute atomic E-state index is 0.210. The molecule has 16 heavy (non-hydrogen) atoms. The number of rotatable bonds is 5. The molecule has 1 aliphatic rings. The lowest BCUT2D eigenvalue weighted by Crippen LogP contribution is -2.10. The van der Waals surface area contributed by atoms with Crippen LogP contribution >= 0.6 is 0 Å². The van der Waals surface area contributed by atoms with Crippen molar-refractivity contribution in [1.29, 1.82) is 0 Å². The van der Waals surface area contributed by atoms with Gasteiger partial charge in [-0.2, -0.15) is 0 Å². The van der Waals surface area contributed by atoms with E-state index in [-0.39, 0.29) is 12.4 Å². The van der Waals surface area contributed by atoms with Crippen LogP contribution in [0.2, 0.25) is 0 Å². The summed E-state index contributed by atoms with van der Waals surface area (Å²) in [5, 5.41) is 0. The van der Waals surface area contributed by atoms with Crippen LogP contribution in [0.1, 0.15) is 25.0 Å². The molecule has 0 aliphatic heterocycles. The third kappa shape index (κ3) is 3.53. The number of hydrogen-bond donors (Lipinski definition) is 1. The first-order valence-electron chi connectivity index (χ1n) is 5.60. The van der Waals surface area contributed by atoms with Crippen LogP contribution in [0.5, 0.6) is 0 Å². The minimum Gasteiger partial charge on any atom is -0.465 e.